The first kappa shape index (κ1) is 21.3. The first-order valence-electron chi connectivity index (χ1n) is 9.60. The van der Waals surface area contributed by atoms with E-state index in [4.69, 9.17) is 38.0 Å². The highest BCUT2D eigenvalue weighted by Gasteiger charge is 2.12. The lowest BCUT2D eigenvalue weighted by molar-refractivity contribution is 0.282. The van der Waals surface area contributed by atoms with E-state index >= 15 is 0 Å². The molecule has 0 amide bonds. The highest BCUT2D eigenvalue weighted by Crippen LogP contribution is 2.37. The molecule has 0 radical (unpaired) electrons. The Kier molecular flexibility index (Phi) is 9.52. The lowest BCUT2D eigenvalue weighted by atomic mass is 10.1. The number of pyridine rings is 1. The fourth-order valence-corrected chi connectivity index (χ4v) is 3.82. The maximum Gasteiger partial charge on any atom is 0.163 e. The molecule has 5 heteroatoms. The molecule has 0 fully saturated rings. The van der Waals surface area contributed by atoms with Crippen molar-refractivity contribution in [3.8, 4) is 5.75 Å². The molecule has 144 valence electrons. The van der Waals surface area contributed by atoms with Gasteiger partial charge in [-0.25, -0.2) is 4.98 Å². The summed E-state index contributed by atoms with van der Waals surface area (Å²) in [5.74, 6) is 0.592. The SMILES string of the molecule is COc1c(Cl)cc(Cl)c2ccc(CCCCCCCCCCCO)nc12. The Morgan fingerprint density at radius 1 is 0.885 bits per heavy atom. The summed E-state index contributed by atoms with van der Waals surface area (Å²) in [4.78, 5) is 4.73. The summed E-state index contributed by atoms with van der Waals surface area (Å²) >= 11 is 12.5. The molecule has 0 spiro atoms. The minimum absolute atomic E-state index is 0.326. The van der Waals surface area contributed by atoms with Crippen LogP contribution in [0.1, 0.15) is 63.5 Å². The summed E-state index contributed by atoms with van der Waals surface area (Å²) < 4.78 is 5.41. The van der Waals surface area contributed by atoms with Gasteiger partial charge in [0.25, 0.3) is 0 Å². The smallest absolute Gasteiger partial charge is 0.163 e. The Morgan fingerprint density at radius 3 is 2.12 bits per heavy atom. The van der Waals surface area contributed by atoms with Crippen LogP contribution in [0.25, 0.3) is 10.9 Å². The Bertz CT molecular complexity index is 691. The third-order valence-electron chi connectivity index (χ3n) is 4.69. The minimum atomic E-state index is 0.326. The molecule has 1 N–H and O–H groups in total. The van der Waals surface area contributed by atoms with Gasteiger partial charge in [-0.15, -0.1) is 0 Å². The second-order valence-corrected chi connectivity index (χ2v) is 7.54. The topological polar surface area (TPSA) is 42.4 Å². The van der Waals surface area contributed by atoms with Crippen molar-refractivity contribution in [3.05, 3.63) is 33.9 Å². The number of aliphatic hydroxyl groups is 1. The van der Waals surface area contributed by atoms with Gasteiger partial charge < -0.3 is 9.84 Å². The van der Waals surface area contributed by atoms with Gasteiger partial charge in [0.15, 0.2) is 5.75 Å². The summed E-state index contributed by atoms with van der Waals surface area (Å²) in [6.07, 6.45) is 11.8. The zero-order valence-electron chi connectivity index (χ0n) is 15.6. The molecule has 1 aromatic carbocycles. The van der Waals surface area contributed by atoms with Crippen LogP contribution in [0.3, 0.4) is 0 Å². The number of aromatic nitrogens is 1. The monoisotopic (exact) mass is 397 g/mol. The number of nitrogens with zero attached hydrogens (tertiary/aromatic N) is 1. The van der Waals surface area contributed by atoms with Crippen molar-refractivity contribution in [1.82, 2.24) is 4.98 Å². The minimum Gasteiger partial charge on any atom is -0.493 e. The predicted octanol–water partition coefficient (Wildman–Crippen LogP) is 6.60. The lowest BCUT2D eigenvalue weighted by Crippen LogP contribution is -1.95. The molecule has 0 atom stereocenters. The van der Waals surface area contributed by atoms with Gasteiger partial charge in [0, 0.05) is 17.7 Å². The zero-order chi connectivity index (χ0) is 18.8. The van der Waals surface area contributed by atoms with Gasteiger partial charge in [-0.2, -0.15) is 0 Å². The number of rotatable bonds is 12. The fraction of sp³-hybridized carbons (Fsp3) is 0.571. The summed E-state index contributed by atoms with van der Waals surface area (Å²) in [6.45, 7) is 0.326. The van der Waals surface area contributed by atoms with E-state index in [9.17, 15) is 0 Å². The standard InChI is InChI=1S/C21H29Cl2NO2/c1-26-21-19(23)15-18(22)17-13-12-16(24-20(17)21)11-9-7-5-3-2-4-6-8-10-14-25/h12-13,15,25H,2-11,14H2,1H3. The molecule has 1 heterocycles. The van der Waals surface area contributed by atoms with Gasteiger partial charge in [-0.05, 0) is 37.5 Å². The van der Waals surface area contributed by atoms with E-state index in [1.54, 1.807) is 13.2 Å². The van der Waals surface area contributed by atoms with E-state index in [0.29, 0.717) is 22.4 Å². The molecule has 0 bridgehead atoms. The van der Waals surface area contributed by atoms with Crippen LogP contribution >= 0.6 is 23.2 Å². The molecule has 0 saturated heterocycles. The van der Waals surface area contributed by atoms with Crippen LogP contribution in [0.4, 0.5) is 0 Å². The maximum absolute atomic E-state index is 8.75. The van der Waals surface area contributed by atoms with Gasteiger partial charge >= 0.3 is 0 Å². The molecule has 2 aromatic rings. The average molecular weight is 398 g/mol. The van der Waals surface area contributed by atoms with Crippen molar-refractivity contribution in [2.24, 2.45) is 0 Å². The third-order valence-corrected chi connectivity index (χ3v) is 5.28. The summed E-state index contributed by atoms with van der Waals surface area (Å²) in [7, 11) is 1.60. The summed E-state index contributed by atoms with van der Waals surface area (Å²) in [5, 5.41) is 10.7. The van der Waals surface area contributed by atoms with E-state index in [2.05, 4.69) is 0 Å². The molecule has 0 aliphatic carbocycles. The van der Waals surface area contributed by atoms with Crippen molar-refractivity contribution < 1.29 is 9.84 Å². The number of ether oxygens (including phenoxy) is 1. The van der Waals surface area contributed by atoms with Gasteiger partial charge in [0.05, 0.1) is 17.2 Å². The van der Waals surface area contributed by atoms with Crippen LogP contribution in [0.5, 0.6) is 5.75 Å². The number of hydrogen-bond donors (Lipinski definition) is 1. The molecule has 2 rings (SSSR count). The normalized spacial score (nSPS) is 11.2. The molecule has 0 unspecified atom stereocenters. The lowest BCUT2D eigenvalue weighted by Gasteiger charge is -2.10. The summed E-state index contributed by atoms with van der Waals surface area (Å²) in [6, 6.07) is 5.75. The molecule has 0 aliphatic heterocycles. The Balaban J connectivity index is 1.77. The Labute approximate surface area is 166 Å². The van der Waals surface area contributed by atoms with E-state index in [0.717, 1.165) is 42.3 Å². The van der Waals surface area contributed by atoms with Crippen molar-refractivity contribution in [2.45, 2.75) is 64.2 Å². The van der Waals surface area contributed by atoms with E-state index in [-0.39, 0.29) is 0 Å². The molecule has 26 heavy (non-hydrogen) atoms. The van der Waals surface area contributed by atoms with Crippen molar-refractivity contribution in [1.29, 1.82) is 0 Å². The molecule has 0 saturated carbocycles. The Hall–Kier alpha value is -1.03. The zero-order valence-corrected chi connectivity index (χ0v) is 17.1. The predicted molar refractivity (Wildman–Crippen MR) is 111 cm³/mol. The number of methoxy groups -OCH3 is 1. The van der Waals surface area contributed by atoms with Crippen molar-refractivity contribution in [2.75, 3.05) is 13.7 Å². The van der Waals surface area contributed by atoms with Crippen molar-refractivity contribution in [3.63, 3.8) is 0 Å². The van der Waals surface area contributed by atoms with Gasteiger partial charge in [-0.1, -0.05) is 68.1 Å². The van der Waals surface area contributed by atoms with Crippen LogP contribution in [0.2, 0.25) is 10.0 Å². The number of unbranched alkanes of at least 4 members (excludes halogenated alkanes) is 8. The molecular weight excluding hydrogens is 369 g/mol. The fourth-order valence-electron chi connectivity index (χ4n) is 3.22. The van der Waals surface area contributed by atoms with E-state index in [1.165, 1.54) is 38.5 Å². The van der Waals surface area contributed by atoms with Crippen molar-refractivity contribution >= 4 is 34.1 Å². The van der Waals surface area contributed by atoms with Crippen LogP contribution < -0.4 is 4.74 Å². The third kappa shape index (κ3) is 6.29. The highest BCUT2D eigenvalue weighted by molar-refractivity contribution is 6.39. The number of benzene rings is 1. The van der Waals surface area contributed by atoms with Gasteiger partial charge in [0.1, 0.15) is 5.52 Å². The first-order chi connectivity index (χ1) is 12.7. The molecular formula is C21H29Cl2NO2. The van der Waals surface area contributed by atoms with E-state index in [1.807, 2.05) is 12.1 Å². The van der Waals surface area contributed by atoms with E-state index < -0.39 is 0 Å². The highest BCUT2D eigenvalue weighted by atomic mass is 35.5. The average Bonchev–Trinajstić information content (AvgIpc) is 2.63. The van der Waals surface area contributed by atoms with Crippen LogP contribution in [0, 0.1) is 0 Å². The number of fused-ring (bicyclic) bond motifs is 1. The van der Waals surface area contributed by atoms with Gasteiger partial charge in [0.2, 0.25) is 0 Å². The molecule has 1 aromatic heterocycles. The Morgan fingerprint density at radius 2 is 1.50 bits per heavy atom. The number of halogens is 2. The molecule has 3 nitrogen and oxygen atoms in total. The number of hydrogen-bond acceptors (Lipinski definition) is 3. The van der Waals surface area contributed by atoms with Crippen LogP contribution in [-0.2, 0) is 6.42 Å². The molecule has 0 aliphatic rings. The van der Waals surface area contributed by atoms with Gasteiger partial charge in [-0.3, -0.25) is 0 Å². The van der Waals surface area contributed by atoms with Crippen LogP contribution in [0.15, 0.2) is 18.2 Å². The number of aliphatic hydroxyl groups excluding tert-OH is 1. The largest absolute Gasteiger partial charge is 0.493 e. The second kappa shape index (κ2) is 11.6. The first-order valence-corrected chi connectivity index (χ1v) is 10.4. The summed E-state index contributed by atoms with van der Waals surface area (Å²) in [5.41, 5.74) is 1.79. The van der Waals surface area contributed by atoms with Crippen LogP contribution in [-0.4, -0.2) is 23.8 Å². The quantitative estimate of drug-likeness (QED) is 0.410. The second-order valence-electron chi connectivity index (χ2n) is 6.73. The number of aryl methyl sites for hydroxylation is 1. The maximum atomic E-state index is 8.75.